The van der Waals surface area contributed by atoms with Crippen molar-refractivity contribution in [3.63, 3.8) is 0 Å². The van der Waals surface area contributed by atoms with E-state index in [-0.39, 0.29) is 5.91 Å². The van der Waals surface area contributed by atoms with Crippen molar-refractivity contribution in [2.45, 2.75) is 46.5 Å². The second-order valence-corrected chi connectivity index (χ2v) is 4.75. The molecular formula is C12H26N2O. The van der Waals surface area contributed by atoms with E-state index in [1.165, 1.54) is 0 Å². The molecule has 0 heterocycles. The van der Waals surface area contributed by atoms with E-state index in [2.05, 4.69) is 26.1 Å². The van der Waals surface area contributed by atoms with Gasteiger partial charge in [-0.3, -0.25) is 4.79 Å². The van der Waals surface area contributed by atoms with Crippen molar-refractivity contribution in [3.05, 3.63) is 0 Å². The molecule has 0 aromatic heterocycles. The highest BCUT2D eigenvalue weighted by atomic mass is 16.1. The van der Waals surface area contributed by atoms with Crippen LogP contribution in [0.1, 0.15) is 46.5 Å². The van der Waals surface area contributed by atoms with Crippen LogP contribution in [0, 0.1) is 11.8 Å². The summed E-state index contributed by atoms with van der Waals surface area (Å²) in [6.45, 7) is 8.00. The van der Waals surface area contributed by atoms with Crippen LogP contribution in [-0.2, 0) is 4.79 Å². The molecule has 1 atom stereocenters. The molecule has 0 radical (unpaired) electrons. The lowest BCUT2D eigenvalue weighted by Crippen LogP contribution is -2.25. The Kier molecular flexibility index (Phi) is 8.38. The van der Waals surface area contributed by atoms with Gasteiger partial charge in [-0.1, -0.05) is 20.8 Å². The van der Waals surface area contributed by atoms with Gasteiger partial charge in [-0.15, -0.1) is 0 Å². The van der Waals surface area contributed by atoms with Crippen LogP contribution in [0.5, 0.6) is 0 Å². The van der Waals surface area contributed by atoms with Crippen LogP contribution in [-0.4, -0.2) is 19.0 Å². The van der Waals surface area contributed by atoms with Gasteiger partial charge in [0.2, 0.25) is 5.91 Å². The molecule has 90 valence electrons. The molecule has 0 bridgehead atoms. The number of amides is 1. The molecule has 0 aliphatic rings. The third-order valence-corrected chi connectivity index (χ3v) is 2.57. The molecule has 0 aromatic carbocycles. The lowest BCUT2D eigenvalue weighted by Gasteiger charge is -2.10. The summed E-state index contributed by atoms with van der Waals surface area (Å²) in [6.07, 6.45) is 3.66. The van der Waals surface area contributed by atoms with Gasteiger partial charge in [0.05, 0.1) is 0 Å². The first-order valence-electron chi connectivity index (χ1n) is 6.03. The summed E-state index contributed by atoms with van der Waals surface area (Å²) in [4.78, 5) is 11.4. The first-order chi connectivity index (χ1) is 7.06. The fourth-order valence-electron chi connectivity index (χ4n) is 1.40. The lowest BCUT2D eigenvalue weighted by molar-refractivity contribution is -0.121. The second kappa shape index (κ2) is 8.72. The fraction of sp³-hybridized carbons (Fsp3) is 0.917. The van der Waals surface area contributed by atoms with Crippen LogP contribution in [0.15, 0.2) is 0 Å². The van der Waals surface area contributed by atoms with Crippen LogP contribution < -0.4 is 11.1 Å². The van der Waals surface area contributed by atoms with Gasteiger partial charge in [0.15, 0.2) is 0 Å². The average Bonchev–Trinajstić information content (AvgIpc) is 2.14. The van der Waals surface area contributed by atoms with E-state index in [0.717, 1.165) is 32.4 Å². The molecule has 0 rings (SSSR count). The highest BCUT2D eigenvalue weighted by Gasteiger charge is 2.05. The Morgan fingerprint density at radius 1 is 1.20 bits per heavy atom. The monoisotopic (exact) mass is 214 g/mol. The summed E-state index contributed by atoms with van der Waals surface area (Å²) >= 11 is 0. The number of rotatable bonds is 8. The van der Waals surface area contributed by atoms with Crippen molar-refractivity contribution < 1.29 is 4.79 Å². The van der Waals surface area contributed by atoms with Gasteiger partial charge in [0.1, 0.15) is 0 Å². The maximum Gasteiger partial charge on any atom is 0.220 e. The van der Waals surface area contributed by atoms with Crippen LogP contribution >= 0.6 is 0 Å². The van der Waals surface area contributed by atoms with Gasteiger partial charge in [-0.2, -0.15) is 0 Å². The Morgan fingerprint density at radius 3 is 2.40 bits per heavy atom. The topological polar surface area (TPSA) is 55.1 Å². The van der Waals surface area contributed by atoms with Crippen molar-refractivity contribution in [3.8, 4) is 0 Å². The number of hydrogen-bond donors (Lipinski definition) is 2. The minimum atomic E-state index is 0.180. The molecule has 0 saturated heterocycles. The van der Waals surface area contributed by atoms with Gasteiger partial charge < -0.3 is 11.1 Å². The van der Waals surface area contributed by atoms with Crippen molar-refractivity contribution in [1.82, 2.24) is 5.32 Å². The lowest BCUT2D eigenvalue weighted by atomic mass is 10.0. The van der Waals surface area contributed by atoms with Crippen molar-refractivity contribution >= 4 is 5.91 Å². The molecule has 15 heavy (non-hydrogen) atoms. The Labute approximate surface area is 93.8 Å². The van der Waals surface area contributed by atoms with E-state index in [4.69, 9.17) is 5.73 Å². The molecule has 0 aromatic rings. The molecule has 3 heteroatoms. The van der Waals surface area contributed by atoms with Gasteiger partial charge in [0.25, 0.3) is 0 Å². The Bertz CT molecular complexity index is 169. The summed E-state index contributed by atoms with van der Waals surface area (Å²) in [6, 6.07) is 0. The first-order valence-corrected chi connectivity index (χ1v) is 6.03. The maximum absolute atomic E-state index is 11.4. The molecule has 0 saturated carbocycles. The van der Waals surface area contributed by atoms with Crippen LogP contribution in [0.25, 0.3) is 0 Å². The summed E-state index contributed by atoms with van der Waals surface area (Å²) < 4.78 is 0. The zero-order valence-electron chi connectivity index (χ0n) is 10.4. The highest BCUT2D eigenvalue weighted by Crippen LogP contribution is 2.08. The van der Waals surface area contributed by atoms with E-state index >= 15 is 0 Å². The molecule has 3 N–H and O–H groups in total. The molecule has 0 fully saturated rings. The smallest absolute Gasteiger partial charge is 0.220 e. The SMILES string of the molecule is CC(C)CCNC(=O)CCC(C)CCN. The summed E-state index contributed by atoms with van der Waals surface area (Å²) in [5.74, 6) is 1.40. The zero-order valence-corrected chi connectivity index (χ0v) is 10.4. The minimum absolute atomic E-state index is 0.180. The van der Waals surface area contributed by atoms with E-state index in [0.29, 0.717) is 18.3 Å². The zero-order chi connectivity index (χ0) is 11.7. The number of carbonyl (C=O) groups excluding carboxylic acids is 1. The standard InChI is InChI=1S/C12H26N2O/c1-10(2)7-9-14-12(15)5-4-11(3)6-8-13/h10-11H,4-9,13H2,1-3H3,(H,14,15). The Hall–Kier alpha value is -0.570. The van der Waals surface area contributed by atoms with Crippen molar-refractivity contribution in [2.75, 3.05) is 13.1 Å². The Balaban J connectivity index is 3.40. The molecule has 1 unspecified atom stereocenters. The molecule has 0 spiro atoms. The normalized spacial score (nSPS) is 12.9. The highest BCUT2D eigenvalue weighted by molar-refractivity contribution is 5.75. The quantitative estimate of drug-likeness (QED) is 0.648. The van der Waals surface area contributed by atoms with Gasteiger partial charge in [-0.25, -0.2) is 0 Å². The van der Waals surface area contributed by atoms with Crippen LogP contribution in [0.4, 0.5) is 0 Å². The molecular weight excluding hydrogens is 188 g/mol. The first kappa shape index (κ1) is 14.4. The minimum Gasteiger partial charge on any atom is -0.356 e. The van der Waals surface area contributed by atoms with Crippen molar-refractivity contribution in [1.29, 1.82) is 0 Å². The fourth-order valence-corrected chi connectivity index (χ4v) is 1.40. The van der Waals surface area contributed by atoms with Gasteiger partial charge >= 0.3 is 0 Å². The predicted octanol–water partition coefficient (Wildman–Crippen LogP) is 1.91. The van der Waals surface area contributed by atoms with Crippen LogP contribution in [0.3, 0.4) is 0 Å². The second-order valence-electron chi connectivity index (χ2n) is 4.75. The number of nitrogens with one attached hydrogen (secondary N) is 1. The molecule has 0 aliphatic carbocycles. The number of hydrogen-bond acceptors (Lipinski definition) is 2. The van der Waals surface area contributed by atoms with E-state index in [1.807, 2.05) is 0 Å². The summed E-state index contributed by atoms with van der Waals surface area (Å²) in [7, 11) is 0. The molecule has 0 aliphatic heterocycles. The summed E-state index contributed by atoms with van der Waals surface area (Å²) in [5, 5.41) is 2.94. The van der Waals surface area contributed by atoms with Gasteiger partial charge in [-0.05, 0) is 37.6 Å². The third-order valence-electron chi connectivity index (χ3n) is 2.57. The van der Waals surface area contributed by atoms with Gasteiger partial charge in [0, 0.05) is 13.0 Å². The number of nitrogens with two attached hydrogens (primary N) is 1. The van der Waals surface area contributed by atoms with E-state index in [1.54, 1.807) is 0 Å². The largest absolute Gasteiger partial charge is 0.356 e. The summed E-state index contributed by atoms with van der Waals surface area (Å²) in [5.41, 5.74) is 5.45. The third kappa shape index (κ3) is 9.73. The maximum atomic E-state index is 11.4. The molecule has 3 nitrogen and oxygen atoms in total. The Morgan fingerprint density at radius 2 is 1.87 bits per heavy atom. The van der Waals surface area contributed by atoms with Crippen molar-refractivity contribution in [2.24, 2.45) is 17.6 Å². The number of carbonyl (C=O) groups is 1. The van der Waals surface area contributed by atoms with Crippen LogP contribution in [0.2, 0.25) is 0 Å². The predicted molar refractivity (Wildman–Crippen MR) is 64.5 cm³/mol. The average molecular weight is 214 g/mol. The van der Waals surface area contributed by atoms with E-state index < -0.39 is 0 Å². The molecule has 1 amide bonds. The van der Waals surface area contributed by atoms with E-state index in [9.17, 15) is 4.79 Å².